The summed E-state index contributed by atoms with van der Waals surface area (Å²) in [4.78, 5) is 21.6. The molecule has 4 aliphatic rings. The topological polar surface area (TPSA) is 83.3 Å². The molecule has 16 heteroatoms. The number of hydrogen-bond donors (Lipinski definition) is 0. The molecule has 1 saturated carbocycles. The SMILES string of the molecule is O=C(N1CC2(CC(n3cnc(C(F)(F)F)n3)C2)C1)N1CC2(CN(Cc3nnc(C(F)(F)F)s3)C2)C1. The van der Waals surface area contributed by atoms with Crippen LogP contribution in [0.3, 0.4) is 0 Å². The molecule has 0 aromatic carbocycles. The van der Waals surface area contributed by atoms with Crippen LogP contribution in [0.2, 0.25) is 0 Å². The third-order valence-corrected chi connectivity index (χ3v) is 8.26. The average Bonchev–Trinajstić information content (AvgIpc) is 3.29. The summed E-state index contributed by atoms with van der Waals surface area (Å²) < 4.78 is 77.3. The summed E-state index contributed by atoms with van der Waals surface area (Å²) in [6, 6.07) is -0.174. The second-order valence-corrected chi connectivity index (χ2v) is 11.3. The summed E-state index contributed by atoms with van der Waals surface area (Å²) in [5.74, 6) is -1.14. The maximum absolute atomic E-state index is 12.8. The maximum Gasteiger partial charge on any atom is 0.453 e. The lowest BCUT2D eigenvalue weighted by molar-refractivity contribution is -0.145. The van der Waals surface area contributed by atoms with E-state index in [4.69, 9.17) is 0 Å². The van der Waals surface area contributed by atoms with Crippen molar-refractivity contribution in [3.05, 3.63) is 22.2 Å². The first kappa shape index (κ1) is 22.9. The Labute approximate surface area is 198 Å². The monoisotopic (exact) mass is 522 g/mol. The Morgan fingerprint density at radius 1 is 0.943 bits per heavy atom. The zero-order valence-electron chi connectivity index (χ0n) is 18.2. The van der Waals surface area contributed by atoms with Crippen molar-refractivity contribution in [1.82, 2.24) is 39.7 Å². The Bertz CT molecular complexity index is 1130. The number of alkyl halides is 6. The van der Waals surface area contributed by atoms with Gasteiger partial charge in [-0.3, -0.25) is 4.90 Å². The van der Waals surface area contributed by atoms with Crippen LogP contribution in [0.5, 0.6) is 0 Å². The Balaban J connectivity index is 0.926. The van der Waals surface area contributed by atoms with Gasteiger partial charge in [0.05, 0.1) is 12.6 Å². The van der Waals surface area contributed by atoms with Crippen molar-refractivity contribution in [1.29, 1.82) is 0 Å². The molecule has 9 nitrogen and oxygen atoms in total. The van der Waals surface area contributed by atoms with Gasteiger partial charge in [0, 0.05) is 50.1 Å². The number of carbonyl (C=O) groups is 1. The van der Waals surface area contributed by atoms with Crippen LogP contribution in [0.25, 0.3) is 0 Å². The number of carbonyl (C=O) groups excluding carboxylic acids is 1. The van der Waals surface area contributed by atoms with Crippen molar-refractivity contribution in [3.8, 4) is 0 Å². The van der Waals surface area contributed by atoms with E-state index in [1.165, 1.54) is 4.68 Å². The first-order valence-electron chi connectivity index (χ1n) is 11.0. The summed E-state index contributed by atoms with van der Waals surface area (Å²) in [6.45, 7) is 4.08. The largest absolute Gasteiger partial charge is 0.453 e. The van der Waals surface area contributed by atoms with Crippen LogP contribution in [0.15, 0.2) is 6.33 Å². The van der Waals surface area contributed by atoms with E-state index in [1.54, 1.807) is 9.80 Å². The van der Waals surface area contributed by atoms with Gasteiger partial charge in [0.1, 0.15) is 11.3 Å². The van der Waals surface area contributed by atoms with Crippen LogP contribution in [0, 0.1) is 10.8 Å². The maximum atomic E-state index is 12.8. The van der Waals surface area contributed by atoms with Crippen LogP contribution in [0.4, 0.5) is 31.1 Å². The number of urea groups is 1. The van der Waals surface area contributed by atoms with E-state index in [0.29, 0.717) is 75.0 Å². The van der Waals surface area contributed by atoms with Gasteiger partial charge in [-0.05, 0) is 12.8 Å². The molecule has 3 aliphatic heterocycles. The zero-order chi connectivity index (χ0) is 24.8. The van der Waals surface area contributed by atoms with Crippen molar-refractivity contribution in [3.63, 3.8) is 0 Å². The van der Waals surface area contributed by atoms with Gasteiger partial charge in [-0.15, -0.1) is 15.3 Å². The summed E-state index contributed by atoms with van der Waals surface area (Å²) in [6.07, 6.45) is -6.60. The average molecular weight is 522 g/mol. The second-order valence-electron chi connectivity index (χ2n) is 10.2. The molecule has 1 aliphatic carbocycles. The quantitative estimate of drug-likeness (QED) is 0.577. The van der Waals surface area contributed by atoms with Crippen molar-refractivity contribution >= 4 is 17.4 Å². The lowest BCUT2D eigenvalue weighted by atomic mass is 9.60. The van der Waals surface area contributed by atoms with Crippen LogP contribution >= 0.6 is 11.3 Å². The van der Waals surface area contributed by atoms with Crippen LogP contribution < -0.4 is 0 Å². The molecule has 4 fully saturated rings. The summed E-state index contributed by atoms with van der Waals surface area (Å²) in [5.41, 5.74) is -0.0713. The van der Waals surface area contributed by atoms with Crippen molar-refractivity contribution < 1.29 is 31.1 Å². The molecule has 6 rings (SSSR count). The van der Waals surface area contributed by atoms with Crippen LogP contribution in [0.1, 0.15) is 34.7 Å². The summed E-state index contributed by atoms with van der Waals surface area (Å²) in [7, 11) is 0. The van der Waals surface area contributed by atoms with Gasteiger partial charge in [0.2, 0.25) is 5.01 Å². The van der Waals surface area contributed by atoms with Gasteiger partial charge in [-0.25, -0.2) is 14.5 Å². The third-order valence-electron chi connectivity index (χ3n) is 7.31. The highest BCUT2D eigenvalue weighted by atomic mass is 32.1. The van der Waals surface area contributed by atoms with Gasteiger partial charge in [0.15, 0.2) is 0 Å². The molecule has 2 aromatic heterocycles. The number of hydrogen-bond acceptors (Lipinski definition) is 7. The number of aromatic nitrogens is 5. The molecule has 0 radical (unpaired) electrons. The first-order chi connectivity index (χ1) is 16.3. The van der Waals surface area contributed by atoms with E-state index < -0.39 is 23.2 Å². The van der Waals surface area contributed by atoms with E-state index in [2.05, 4.69) is 20.3 Å². The Hall–Kier alpha value is -2.49. The molecule has 3 saturated heterocycles. The zero-order valence-corrected chi connectivity index (χ0v) is 19.0. The minimum atomic E-state index is -4.56. The Morgan fingerprint density at radius 2 is 1.57 bits per heavy atom. The lowest BCUT2D eigenvalue weighted by Crippen LogP contribution is -2.75. The minimum absolute atomic E-state index is 0.0133. The predicted octanol–water partition coefficient (Wildman–Crippen LogP) is 2.74. The Morgan fingerprint density at radius 3 is 2.11 bits per heavy atom. The molecular weight excluding hydrogens is 502 g/mol. The molecule has 35 heavy (non-hydrogen) atoms. The van der Waals surface area contributed by atoms with E-state index in [9.17, 15) is 31.1 Å². The molecule has 2 aromatic rings. The van der Waals surface area contributed by atoms with E-state index >= 15 is 0 Å². The number of nitrogens with zero attached hydrogens (tertiary/aromatic N) is 8. The molecule has 2 spiro atoms. The number of rotatable bonds is 3. The van der Waals surface area contributed by atoms with Crippen LogP contribution in [-0.4, -0.2) is 85.0 Å². The fourth-order valence-electron chi connectivity index (χ4n) is 5.80. The minimum Gasteiger partial charge on any atom is -0.323 e. The Kier molecular flexibility index (Phi) is 4.77. The fourth-order valence-corrected chi connectivity index (χ4v) is 6.55. The molecule has 190 valence electrons. The highest BCUT2D eigenvalue weighted by Gasteiger charge is 2.58. The highest BCUT2D eigenvalue weighted by molar-refractivity contribution is 7.11. The second kappa shape index (κ2) is 7.27. The van der Waals surface area contributed by atoms with Gasteiger partial charge in [0.25, 0.3) is 5.82 Å². The van der Waals surface area contributed by atoms with Crippen molar-refractivity contribution in [2.45, 2.75) is 37.8 Å². The number of halogens is 6. The molecule has 0 atom stereocenters. The number of likely N-dealkylation sites (tertiary alicyclic amines) is 3. The lowest BCUT2D eigenvalue weighted by Gasteiger charge is -2.63. The van der Waals surface area contributed by atoms with Crippen molar-refractivity contribution in [2.75, 3.05) is 39.3 Å². The molecule has 0 unspecified atom stereocenters. The predicted molar refractivity (Wildman–Crippen MR) is 107 cm³/mol. The standard InChI is InChI=1S/C19H20F6N8OS/c20-18(21,22)13-26-10-33(29-13)11-1-16(2-11)6-31(7-16)15(34)32-8-17(9-32)4-30(5-17)3-12-27-28-14(35-12)19(23,24)25/h10-11H,1-9H2. The van der Waals surface area contributed by atoms with E-state index in [-0.39, 0.29) is 22.9 Å². The molecule has 0 bridgehead atoms. The van der Waals surface area contributed by atoms with Crippen molar-refractivity contribution in [2.24, 2.45) is 10.8 Å². The van der Waals surface area contributed by atoms with Gasteiger partial charge in [-0.1, -0.05) is 11.3 Å². The first-order valence-corrected chi connectivity index (χ1v) is 11.8. The molecule has 2 amide bonds. The molecule has 0 N–H and O–H groups in total. The van der Waals surface area contributed by atoms with Crippen LogP contribution in [-0.2, 0) is 18.9 Å². The third kappa shape index (κ3) is 3.93. The summed E-state index contributed by atoms with van der Waals surface area (Å²) >= 11 is 0.552. The van der Waals surface area contributed by atoms with Gasteiger partial charge >= 0.3 is 18.4 Å². The normalized spacial score (nSPS) is 23.7. The van der Waals surface area contributed by atoms with E-state index in [1.807, 2.05) is 4.90 Å². The smallest absolute Gasteiger partial charge is 0.323 e. The van der Waals surface area contributed by atoms with Gasteiger partial charge < -0.3 is 9.80 Å². The fraction of sp³-hybridized carbons (Fsp3) is 0.737. The molecule has 5 heterocycles. The van der Waals surface area contributed by atoms with E-state index in [0.717, 1.165) is 6.33 Å². The number of amides is 2. The van der Waals surface area contributed by atoms with Gasteiger partial charge in [-0.2, -0.15) is 26.3 Å². The summed E-state index contributed by atoms with van der Waals surface area (Å²) in [5, 5.41) is 9.74. The molecular formula is C19H20F6N8OS. The highest BCUT2D eigenvalue weighted by Crippen LogP contribution is 2.54.